The Bertz CT molecular complexity index is 670. The average Bonchev–Trinajstić information content (AvgIpc) is 3.23. The molecule has 0 aromatic heterocycles. The number of halogens is 3. The van der Waals surface area contributed by atoms with Gasteiger partial charge in [-0.15, -0.1) is 0 Å². The molecule has 2 aromatic carbocycles. The Balaban J connectivity index is 1.84. The van der Waals surface area contributed by atoms with E-state index in [1.54, 1.807) is 0 Å². The molecule has 0 N–H and O–H groups in total. The van der Waals surface area contributed by atoms with E-state index in [9.17, 15) is 13.6 Å². The third-order valence-electron chi connectivity index (χ3n) is 3.63. The van der Waals surface area contributed by atoms with Gasteiger partial charge in [0.05, 0.1) is 10.0 Å². The second kappa shape index (κ2) is 5.09. The second-order valence-electron chi connectivity index (χ2n) is 4.97. The standard InChI is InChI=1S/C16H11BrF2O/c17-13-8-14(18)12(7-15(13)19)16(20)11-6-10(11)9-4-2-1-3-5-9/h1-5,7-8,10-11H,6H2. The second-order valence-corrected chi connectivity index (χ2v) is 5.82. The maximum atomic E-state index is 13.8. The van der Waals surface area contributed by atoms with Crippen molar-refractivity contribution in [3.05, 3.63) is 69.7 Å². The summed E-state index contributed by atoms with van der Waals surface area (Å²) in [5.74, 6) is -1.74. The summed E-state index contributed by atoms with van der Waals surface area (Å²) in [5.41, 5.74) is 0.915. The summed E-state index contributed by atoms with van der Waals surface area (Å²) < 4.78 is 27.3. The lowest BCUT2D eigenvalue weighted by Crippen LogP contribution is -2.07. The van der Waals surface area contributed by atoms with Gasteiger partial charge in [-0.05, 0) is 46.0 Å². The van der Waals surface area contributed by atoms with Crippen molar-refractivity contribution in [3.8, 4) is 0 Å². The van der Waals surface area contributed by atoms with Crippen LogP contribution in [0.3, 0.4) is 0 Å². The summed E-state index contributed by atoms with van der Waals surface area (Å²) >= 11 is 2.90. The first-order valence-electron chi connectivity index (χ1n) is 6.31. The summed E-state index contributed by atoms with van der Waals surface area (Å²) in [6, 6.07) is 11.6. The zero-order chi connectivity index (χ0) is 14.3. The zero-order valence-corrected chi connectivity index (χ0v) is 12.0. The van der Waals surface area contributed by atoms with Crippen molar-refractivity contribution in [2.24, 2.45) is 5.92 Å². The van der Waals surface area contributed by atoms with E-state index in [2.05, 4.69) is 15.9 Å². The molecule has 0 heterocycles. The molecular weight excluding hydrogens is 326 g/mol. The molecule has 2 aromatic rings. The van der Waals surface area contributed by atoms with E-state index in [0.717, 1.165) is 17.7 Å². The largest absolute Gasteiger partial charge is 0.294 e. The fourth-order valence-electron chi connectivity index (χ4n) is 2.46. The number of ketones is 1. The van der Waals surface area contributed by atoms with Crippen LogP contribution in [0.2, 0.25) is 0 Å². The highest BCUT2D eigenvalue weighted by atomic mass is 79.9. The molecule has 0 bridgehead atoms. The molecule has 0 amide bonds. The van der Waals surface area contributed by atoms with Crippen molar-refractivity contribution in [1.82, 2.24) is 0 Å². The number of carbonyl (C=O) groups is 1. The molecule has 1 saturated carbocycles. The Labute approximate surface area is 123 Å². The molecule has 102 valence electrons. The van der Waals surface area contributed by atoms with E-state index < -0.39 is 11.6 Å². The van der Waals surface area contributed by atoms with Crippen LogP contribution < -0.4 is 0 Å². The first-order valence-corrected chi connectivity index (χ1v) is 7.11. The predicted molar refractivity (Wildman–Crippen MR) is 75.7 cm³/mol. The van der Waals surface area contributed by atoms with Gasteiger partial charge in [-0.3, -0.25) is 4.79 Å². The van der Waals surface area contributed by atoms with Crippen molar-refractivity contribution in [2.75, 3.05) is 0 Å². The van der Waals surface area contributed by atoms with Gasteiger partial charge in [-0.1, -0.05) is 30.3 Å². The molecule has 0 spiro atoms. The van der Waals surface area contributed by atoms with Crippen LogP contribution in [0.5, 0.6) is 0 Å². The van der Waals surface area contributed by atoms with E-state index in [1.807, 2.05) is 30.3 Å². The molecule has 4 heteroatoms. The van der Waals surface area contributed by atoms with Gasteiger partial charge in [-0.25, -0.2) is 8.78 Å². The Morgan fingerprint density at radius 2 is 1.80 bits per heavy atom. The van der Waals surface area contributed by atoms with Crippen LogP contribution in [0.4, 0.5) is 8.78 Å². The molecule has 0 saturated heterocycles. The van der Waals surface area contributed by atoms with E-state index in [0.29, 0.717) is 6.42 Å². The Kier molecular flexibility index (Phi) is 3.42. The third kappa shape index (κ3) is 2.40. The van der Waals surface area contributed by atoms with Gasteiger partial charge in [0, 0.05) is 5.92 Å². The van der Waals surface area contributed by atoms with E-state index in [4.69, 9.17) is 0 Å². The predicted octanol–water partition coefficient (Wildman–Crippen LogP) is 4.71. The molecule has 20 heavy (non-hydrogen) atoms. The molecular formula is C16H11BrF2O. The van der Waals surface area contributed by atoms with Crippen LogP contribution in [0.25, 0.3) is 0 Å². The fourth-order valence-corrected chi connectivity index (χ4v) is 2.78. The van der Waals surface area contributed by atoms with Crippen LogP contribution in [0, 0.1) is 17.6 Å². The number of carbonyl (C=O) groups excluding carboxylic acids is 1. The number of hydrogen-bond acceptors (Lipinski definition) is 1. The molecule has 3 rings (SSSR count). The van der Waals surface area contributed by atoms with Gasteiger partial charge >= 0.3 is 0 Å². The molecule has 1 nitrogen and oxygen atoms in total. The monoisotopic (exact) mass is 336 g/mol. The Morgan fingerprint density at radius 1 is 1.10 bits per heavy atom. The molecule has 1 aliphatic carbocycles. The molecule has 0 aliphatic heterocycles. The van der Waals surface area contributed by atoms with E-state index in [1.165, 1.54) is 0 Å². The average molecular weight is 337 g/mol. The summed E-state index contributed by atoms with van der Waals surface area (Å²) in [5, 5.41) is 0. The highest BCUT2D eigenvalue weighted by Gasteiger charge is 2.44. The van der Waals surface area contributed by atoms with Gasteiger partial charge in [0.25, 0.3) is 0 Å². The fraction of sp³-hybridized carbons (Fsp3) is 0.188. The first-order chi connectivity index (χ1) is 9.58. The van der Waals surface area contributed by atoms with E-state index in [-0.39, 0.29) is 27.7 Å². The normalized spacial score (nSPS) is 20.8. The highest BCUT2D eigenvalue weighted by Crippen LogP contribution is 2.49. The minimum Gasteiger partial charge on any atom is -0.294 e. The highest BCUT2D eigenvalue weighted by molar-refractivity contribution is 9.10. The maximum absolute atomic E-state index is 13.8. The quantitative estimate of drug-likeness (QED) is 0.585. The van der Waals surface area contributed by atoms with E-state index >= 15 is 0 Å². The maximum Gasteiger partial charge on any atom is 0.169 e. The van der Waals surface area contributed by atoms with Gasteiger partial charge in [0.1, 0.15) is 11.6 Å². The van der Waals surface area contributed by atoms with Gasteiger partial charge in [0.15, 0.2) is 5.78 Å². The van der Waals surface area contributed by atoms with Crippen molar-refractivity contribution in [2.45, 2.75) is 12.3 Å². The van der Waals surface area contributed by atoms with Gasteiger partial charge in [-0.2, -0.15) is 0 Å². The minimum absolute atomic E-state index is 0.0296. The lowest BCUT2D eigenvalue weighted by Gasteiger charge is -2.04. The smallest absolute Gasteiger partial charge is 0.169 e. The van der Waals surface area contributed by atoms with Crippen LogP contribution in [0.15, 0.2) is 46.9 Å². The van der Waals surface area contributed by atoms with Crippen molar-refractivity contribution in [1.29, 1.82) is 0 Å². The molecule has 1 aliphatic rings. The van der Waals surface area contributed by atoms with Crippen LogP contribution >= 0.6 is 15.9 Å². The Hall–Kier alpha value is -1.55. The lowest BCUT2D eigenvalue weighted by molar-refractivity contribution is 0.0960. The van der Waals surface area contributed by atoms with Gasteiger partial charge in [0.2, 0.25) is 0 Å². The first kappa shape index (κ1) is 13.4. The molecule has 1 fully saturated rings. The van der Waals surface area contributed by atoms with Crippen LogP contribution in [-0.2, 0) is 0 Å². The topological polar surface area (TPSA) is 17.1 Å². The summed E-state index contributed by atoms with van der Waals surface area (Å²) in [7, 11) is 0. The van der Waals surface area contributed by atoms with Crippen molar-refractivity contribution in [3.63, 3.8) is 0 Å². The zero-order valence-electron chi connectivity index (χ0n) is 10.4. The number of Topliss-reactive ketones (excluding diaryl/α,β-unsaturated/α-hetero) is 1. The summed E-state index contributed by atoms with van der Waals surface area (Å²) in [6.07, 6.45) is 0.694. The number of benzene rings is 2. The van der Waals surface area contributed by atoms with Crippen LogP contribution in [0.1, 0.15) is 28.3 Å². The van der Waals surface area contributed by atoms with Crippen LogP contribution in [-0.4, -0.2) is 5.78 Å². The number of hydrogen-bond donors (Lipinski definition) is 0. The summed E-state index contributed by atoms with van der Waals surface area (Å²) in [6.45, 7) is 0. The SMILES string of the molecule is O=C(c1cc(F)c(Br)cc1F)C1CC1c1ccccc1. The van der Waals surface area contributed by atoms with Gasteiger partial charge < -0.3 is 0 Å². The molecule has 0 radical (unpaired) electrons. The van der Waals surface area contributed by atoms with Crippen molar-refractivity contribution >= 4 is 21.7 Å². The number of rotatable bonds is 3. The minimum atomic E-state index is -0.679. The molecule has 2 atom stereocenters. The summed E-state index contributed by atoms with van der Waals surface area (Å²) in [4.78, 5) is 12.3. The van der Waals surface area contributed by atoms with Crippen molar-refractivity contribution < 1.29 is 13.6 Å². The lowest BCUT2D eigenvalue weighted by atomic mass is 10.0. The Morgan fingerprint density at radius 3 is 2.50 bits per heavy atom. The third-order valence-corrected chi connectivity index (χ3v) is 4.24. The molecule has 2 unspecified atom stereocenters.